The summed E-state index contributed by atoms with van der Waals surface area (Å²) in [5.74, 6) is 0.366. The molecule has 2 rings (SSSR count). The van der Waals surface area contributed by atoms with Gasteiger partial charge in [0.15, 0.2) is 0 Å². The topological polar surface area (TPSA) is 77.2 Å². The lowest BCUT2D eigenvalue weighted by molar-refractivity contribution is -0.118. The highest BCUT2D eigenvalue weighted by Crippen LogP contribution is 2.26. The highest BCUT2D eigenvalue weighted by Gasteiger charge is 2.10. The third-order valence-electron chi connectivity index (χ3n) is 3.03. The second kappa shape index (κ2) is 7.08. The summed E-state index contributed by atoms with van der Waals surface area (Å²) in [4.78, 5) is 16.1. The van der Waals surface area contributed by atoms with Gasteiger partial charge in [0.1, 0.15) is 5.75 Å². The molecule has 0 radical (unpaired) electrons. The number of carbonyl (C=O) groups excluding carboxylic acids is 1. The Bertz CT molecular complexity index is 595. The van der Waals surface area contributed by atoms with E-state index in [0.717, 1.165) is 17.1 Å². The minimum Gasteiger partial charge on any atom is -0.493 e. The zero-order chi connectivity index (χ0) is 15.2. The molecule has 0 fully saturated rings. The number of anilines is 1. The van der Waals surface area contributed by atoms with Crippen LogP contribution in [0, 0.1) is 6.92 Å². The second-order valence-electron chi connectivity index (χ2n) is 4.76. The lowest BCUT2D eigenvalue weighted by atomic mass is 10.2. The number of primary amides is 1. The Balaban J connectivity index is 1.90. The fourth-order valence-electron chi connectivity index (χ4n) is 1.96. The Kier molecular flexibility index (Phi) is 5.16. The molecule has 3 N–H and O–H groups in total. The molecule has 21 heavy (non-hydrogen) atoms. The average Bonchev–Trinajstić information content (AvgIpc) is 2.87. The number of nitrogens with one attached hydrogen (secondary N) is 1. The van der Waals surface area contributed by atoms with Crippen molar-refractivity contribution in [1.29, 1.82) is 0 Å². The zero-order valence-electron chi connectivity index (χ0n) is 12.1. The quantitative estimate of drug-likeness (QED) is 0.824. The zero-order valence-corrected chi connectivity index (χ0v) is 12.9. The van der Waals surface area contributed by atoms with Crippen LogP contribution in [0.4, 0.5) is 5.69 Å². The molecule has 1 aromatic heterocycles. The van der Waals surface area contributed by atoms with E-state index in [1.54, 1.807) is 11.3 Å². The molecule has 6 heteroatoms. The average molecular weight is 305 g/mol. The third-order valence-corrected chi connectivity index (χ3v) is 4.14. The van der Waals surface area contributed by atoms with Crippen LogP contribution in [0.25, 0.3) is 0 Å². The van der Waals surface area contributed by atoms with Gasteiger partial charge in [-0.15, -0.1) is 11.3 Å². The van der Waals surface area contributed by atoms with Gasteiger partial charge in [0.25, 0.3) is 0 Å². The monoisotopic (exact) mass is 305 g/mol. The lowest BCUT2D eigenvalue weighted by Gasteiger charge is -2.15. The summed E-state index contributed by atoms with van der Waals surface area (Å²) in [6.45, 7) is 4.43. The van der Waals surface area contributed by atoms with Crippen LogP contribution in [-0.2, 0) is 4.79 Å². The maximum atomic E-state index is 10.6. The molecule has 2 aromatic rings. The number of hydrogen-bond donors (Lipinski definition) is 2. The van der Waals surface area contributed by atoms with E-state index in [0.29, 0.717) is 6.61 Å². The number of aromatic nitrogens is 1. The molecule has 1 amide bonds. The van der Waals surface area contributed by atoms with Gasteiger partial charge < -0.3 is 15.8 Å². The molecule has 0 aliphatic heterocycles. The molecule has 0 aliphatic rings. The van der Waals surface area contributed by atoms with Gasteiger partial charge in [0, 0.05) is 10.6 Å². The number of ether oxygens (including phenoxy) is 1. The summed E-state index contributed by atoms with van der Waals surface area (Å²) in [7, 11) is 0. The smallest absolute Gasteiger partial charge is 0.220 e. The number of aryl methyl sites for hydroxylation is 1. The molecular formula is C15H19N3O2S. The van der Waals surface area contributed by atoms with Crippen molar-refractivity contribution in [3.05, 3.63) is 40.3 Å². The van der Waals surface area contributed by atoms with E-state index in [1.807, 2.05) is 36.7 Å². The van der Waals surface area contributed by atoms with Gasteiger partial charge in [-0.1, -0.05) is 0 Å². The summed E-state index contributed by atoms with van der Waals surface area (Å²) in [6, 6.07) is 7.85. The first-order valence-corrected chi connectivity index (χ1v) is 7.62. The minimum absolute atomic E-state index is 0.208. The van der Waals surface area contributed by atoms with Gasteiger partial charge in [0.05, 0.1) is 30.3 Å². The van der Waals surface area contributed by atoms with Crippen molar-refractivity contribution in [2.45, 2.75) is 26.3 Å². The molecule has 0 saturated heterocycles. The van der Waals surface area contributed by atoms with Gasteiger partial charge >= 0.3 is 0 Å². The van der Waals surface area contributed by atoms with Crippen molar-refractivity contribution >= 4 is 22.9 Å². The molecule has 5 nitrogen and oxygen atoms in total. The SMILES string of the molecule is Cc1ncsc1C(C)Nc1ccc(OCCC(N)=O)cc1. The van der Waals surface area contributed by atoms with Crippen molar-refractivity contribution in [2.75, 3.05) is 11.9 Å². The Morgan fingerprint density at radius 2 is 2.14 bits per heavy atom. The number of rotatable bonds is 7. The Labute approximate surface area is 128 Å². The standard InChI is InChI=1S/C15H19N3O2S/c1-10-15(21-9-17-10)11(2)18-12-3-5-13(6-4-12)20-8-7-14(16)19/h3-6,9,11,18H,7-8H2,1-2H3,(H2,16,19). The van der Waals surface area contributed by atoms with Crippen LogP contribution in [0.15, 0.2) is 29.8 Å². The molecule has 112 valence electrons. The van der Waals surface area contributed by atoms with Gasteiger partial charge in [0.2, 0.25) is 5.91 Å². The predicted octanol–water partition coefficient (Wildman–Crippen LogP) is 2.88. The van der Waals surface area contributed by atoms with E-state index in [2.05, 4.69) is 17.2 Å². The van der Waals surface area contributed by atoms with Crippen LogP contribution < -0.4 is 15.8 Å². The van der Waals surface area contributed by atoms with Crippen LogP contribution in [0.2, 0.25) is 0 Å². The van der Waals surface area contributed by atoms with E-state index >= 15 is 0 Å². The minimum atomic E-state index is -0.359. The van der Waals surface area contributed by atoms with Crippen LogP contribution in [0.3, 0.4) is 0 Å². The normalized spacial score (nSPS) is 11.9. The van der Waals surface area contributed by atoms with Crippen LogP contribution in [0.5, 0.6) is 5.75 Å². The van der Waals surface area contributed by atoms with Crippen molar-refractivity contribution in [1.82, 2.24) is 4.98 Å². The molecule has 0 spiro atoms. The van der Waals surface area contributed by atoms with Crippen LogP contribution >= 0.6 is 11.3 Å². The summed E-state index contributed by atoms with van der Waals surface area (Å²) in [5, 5.41) is 3.43. The predicted molar refractivity (Wildman–Crippen MR) is 84.6 cm³/mol. The van der Waals surface area contributed by atoms with E-state index in [-0.39, 0.29) is 18.4 Å². The number of thiazole rings is 1. The van der Waals surface area contributed by atoms with Crippen LogP contribution in [0.1, 0.15) is 30.0 Å². The molecular weight excluding hydrogens is 286 g/mol. The number of hydrogen-bond acceptors (Lipinski definition) is 5. The maximum absolute atomic E-state index is 10.6. The number of nitrogens with zero attached hydrogens (tertiary/aromatic N) is 1. The Hall–Kier alpha value is -2.08. The van der Waals surface area contributed by atoms with Gasteiger partial charge in [-0.2, -0.15) is 0 Å². The fraction of sp³-hybridized carbons (Fsp3) is 0.333. The Morgan fingerprint density at radius 3 is 2.71 bits per heavy atom. The lowest BCUT2D eigenvalue weighted by Crippen LogP contribution is -2.14. The summed E-state index contributed by atoms with van der Waals surface area (Å²) >= 11 is 1.65. The first-order valence-electron chi connectivity index (χ1n) is 6.74. The first-order chi connectivity index (χ1) is 10.1. The number of benzene rings is 1. The van der Waals surface area contributed by atoms with Gasteiger partial charge in [-0.25, -0.2) is 4.98 Å². The van der Waals surface area contributed by atoms with E-state index in [4.69, 9.17) is 10.5 Å². The summed E-state index contributed by atoms with van der Waals surface area (Å²) in [5.41, 5.74) is 8.99. The third kappa shape index (κ3) is 4.46. The van der Waals surface area contributed by atoms with Crippen molar-refractivity contribution in [2.24, 2.45) is 5.73 Å². The molecule has 1 aromatic carbocycles. The molecule has 0 bridgehead atoms. The molecule has 1 heterocycles. The van der Waals surface area contributed by atoms with Crippen molar-refractivity contribution < 1.29 is 9.53 Å². The molecule has 0 saturated carbocycles. The molecule has 1 unspecified atom stereocenters. The molecule has 1 atom stereocenters. The Morgan fingerprint density at radius 1 is 1.43 bits per heavy atom. The number of nitrogens with two attached hydrogens (primary N) is 1. The largest absolute Gasteiger partial charge is 0.493 e. The van der Waals surface area contributed by atoms with Crippen molar-refractivity contribution in [3.8, 4) is 5.75 Å². The van der Waals surface area contributed by atoms with E-state index < -0.39 is 0 Å². The number of carbonyl (C=O) groups is 1. The van der Waals surface area contributed by atoms with Gasteiger partial charge in [-0.3, -0.25) is 4.79 Å². The van der Waals surface area contributed by atoms with Gasteiger partial charge in [-0.05, 0) is 38.1 Å². The fourth-order valence-corrected chi connectivity index (χ4v) is 2.77. The molecule has 0 aliphatic carbocycles. The first kappa shape index (κ1) is 15.3. The highest BCUT2D eigenvalue weighted by atomic mass is 32.1. The summed E-state index contributed by atoms with van der Waals surface area (Å²) < 4.78 is 5.43. The maximum Gasteiger partial charge on any atom is 0.220 e. The van der Waals surface area contributed by atoms with Crippen molar-refractivity contribution in [3.63, 3.8) is 0 Å². The summed E-state index contributed by atoms with van der Waals surface area (Å²) in [6.07, 6.45) is 0.224. The highest BCUT2D eigenvalue weighted by molar-refractivity contribution is 7.09. The van der Waals surface area contributed by atoms with Crippen LogP contribution in [-0.4, -0.2) is 17.5 Å². The number of amides is 1. The second-order valence-corrected chi connectivity index (χ2v) is 5.64. The van der Waals surface area contributed by atoms with E-state index in [9.17, 15) is 4.79 Å². The van der Waals surface area contributed by atoms with E-state index in [1.165, 1.54) is 4.88 Å².